The Hall–Kier alpha value is -3.99. The number of benzene rings is 2. The third kappa shape index (κ3) is 7.08. The number of rotatable bonds is 9. The van der Waals surface area contributed by atoms with Crippen LogP contribution in [0.4, 0.5) is 11.4 Å². The van der Waals surface area contributed by atoms with E-state index in [1.54, 1.807) is 30.3 Å². The Labute approximate surface area is 180 Å². The average molecular weight is 421 g/mol. The van der Waals surface area contributed by atoms with Gasteiger partial charge in [0.05, 0.1) is 11.6 Å². The van der Waals surface area contributed by atoms with Crippen LogP contribution in [-0.4, -0.2) is 29.7 Å². The molecule has 0 bridgehead atoms. The monoisotopic (exact) mass is 421 g/mol. The molecule has 8 heteroatoms. The summed E-state index contributed by atoms with van der Waals surface area (Å²) in [4.78, 5) is 47.9. The van der Waals surface area contributed by atoms with Crippen molar-refractivity contribution in [2.45, 2.75) is 39.2 Å². The lowest BCUT2D eigenvalue weighted by molar-refractivity contribution is -0.116. The van der Waals surface area contributed by atoms with Crippen LogP contribution in [0.15, 0.2) is 48.5 Å². The van der Waals surface area contributed by atoms with Crippen molar-refractivity contribution in [1.29, 1.82) is 5.26 Å². The summed E-state index contributed by atoms with van der Waals surface area (Å²) in [5.74, 6) is -1.60. The van der Waals surface area contributed by atoms with Gasteiger partial charge in [0.25, 0.3) is 0 Å². The fourth-order valence-electron chi connectivity index (χ4n) is 2.65. The smallest absolute Gasteiger partial charge is 0.338 e. The van der Waals surface area contributed by atoms with Crippen LogP contribution in [0.1, 0.15) is 53.8 Å². The van der Waals surface area contributed by atoms with Crippen molar-refractivity contribution in [2.75, 3.05) is 10.6 Å². The Morgan fingerprint density at radius 2 is 1.42 bits per heavy atom. The zero-order chi connectivity index (χ0) is 22.8. The van der Waals surface area contributed by atoms with E-state index >= 15 is 0 Å². The van der Waals surface area contributed by atoms with E-state index in [1.165, 1.54) is 31.2 Å². The summed E-state index contributed by atoms with van der Waals surface area (Å²) in [5.41, 5.74) is 1.59. The molecular formula is C23H23N3O5. The predicted molar refractivity (Wildman–Crippen MR) is 114 cm³/mol. The number of Topliss-reactive ketones (excluding diaryl/α,β-unsaturated/α-hetero) is 1. The lowest BCUT2D eigenvalue weighted by atomic mass is 10.1. The van der Waals surface area contributed by atoms with Gasteiger partial charge in [0.2, 0.25) is 17.6 Å². The molecule has 8 nitrogen and oxygen atoms in total. The highest BCUT2D eigenvalue weighted by Crippen LogP contribution is 2.15. The number of nitriles is 1. The van der Waals surface area contributed by atoms with Gasteiger partial charge in [0.15, 0.2) is 6.10 Å². The molecule has 0 aromatic heterocycles. The predicted octanol–water partition coefficient (Wildman–Crippen LogP) is 3.71. The lowest BCUT2D eigenvalue weighted by Crippen LogP contribution is -2.24. The second-order valence-electron chi connectivity index (χ2n) is 6.75. The summed E-state index contributed by atoms with van der Waals surface area (Å²) in [5, 5.41) is 13.8. The number of ketones is 1. The van der Waals surface area contributed by atoms with Crippen LogP contribution in [-0.2, 0) is 14.3 Å². The number of amides is 2. The zero-order valence-corrected chi connectivity index (χ0v) is 17.3. The summed E-state index contributed by atoms with van der Waals surface area (Å²) < 4.78 is 5.25. The number of ether oxygens (including phenoxy) is 1. The molecule has 2 rings (SSSR count). The number of anilines is 2. The minimum Gasteiger partial charge on any atom is -0.451 e. The molecule has 2 N–H and O–H groups in total. The third-order valence-electron chi connectivity index (χ3n) is 4.23. The number of hydrogen-bond acceptors (Lipinski definition) is 6. The molecule has 0 heterocycles. The van der Waals surface area contributed by atoms with Gasteiger partial charge in [0.1, 0.15) is 6.42 Å². The van der Waals surface area contributed by atoms with Gasteiger partial charge < -0.3 is 15.4 Å². The van der Waals surface area contributed by atoms with E-state index in [-0.39, 0.29) is 23.7 Å². The molecule has 1 atom stereocenters. The van der Waals surface area contributed by atoms with Crippen LogP contribution in [0.3, 0.4) is 0 Å². The largest absolute Gasteiger partial charge is 0.451 e. The number of esters is 1. The van der Waals surface area contributed by atoms with Crippen LogP contribution in [0.25, 0.3) is 0 Å². The molecular weight excluding hydrogens is 398 g/mol. The van der Waals surface area contributed by atoms with Gasteiger partial charge in [-0.1, -0.05) is 6.92 Å². The molecule has 160 valence electrons. The van der Waals surface area contributed by atoms with Crippen LogP contribution in [0.5, 0.6) is 0 Å². The third-order valence-corrected chi connectivity index (χ3v) is 4.23. The first-order chi connectivity index (χ1) is 14.8. The molecule has 2 amide bonds. The molecule has 0 aliphatic rings. The topological polar surface area (TPSA) is 125 Å². The van der Waals surface area contributed by atoms with Crippen LogP contribution < -0.4 is 10.6 Å². The first-order valence-electron chi connectivity index (χ1n) is 9.76. The highest BCUT2D eigenvalue weighted by atomic mass is 16.5. The lowest BCUT2D eigenvalue weighted by Gasteiger charge is -2.13. The molecule has 2 aromatic carbocycles. The molecule has 2 aromatic rings. The fourth-order valence-corrected chi connectivity index (χ4v) is 2.65. The minimum absolute atomic E-state index is 0.0977. The van der Waals surface area contributed by atoms with Crippen molar-refractivity contribution in [1.82, 2.24) is 0 Å². The maximum Gasteiger partial charge on any atom is 0.338 e. The van der Waals surface area contributed by atoms with Crippen molar-refractivity contribution in [3.05, 3.63) is 59.7 Å². The maximum atomic E-state index is 12.5. The van der Waals surface area contributed by atoms with E-state index in [4.69, 9.17) is 10.00 Å². The Kier molecular flexibility index (Phi) is 8.46. The normalized spacial score (nSPS) is 11.0. The quantitative estimate of drug-likeness (QED) is 0.470. The Balaban J connectivity index is 1.94. The maximum absolute atomic E-state index is 12.5. The van der Waals surface area contributed by atoms with Crippen molar-refractivity contribution in [3.63, 3.8) is 0 Å². The second-order valence-corrected chi connectivity index (χ2v) is 6.75. The van der Waals surface area contributed by atoms with Crippen LogP contribution >= 0.6 is 0 Å². The van der Waals surface area contributed by atoms with Gasteiger partial charge in [-0.05, 0) is 61.9 Å². The number of hydrogen-bond donors (Lipinski definition) is 2. The molecule has 0 saturated heterocycles. The zero-order valence-electron chi connectivity index (χ0n) is 17.3. The standard InChI is InChI=1S/C23H23N3O5/c1-3-4-20(27)25-18-9-5-16(6-10-18)22(29)15(2)31-23(30)17-7-11-19(12-8-17)26-21(28)13-14-24/h5-12,15H,3-4,13H2,1-2H3,(H,25,27)(H,26,28)/t15-/m0/s1. The Bertz CT molecular complexity index is 991. The van der Waals surface area contributed by atoms with E-state index in [0.29, 0.717) is 23.4 Å². The van der Waals surface area contributed by atoms with Crippen molar-refractivity contribution < 1.29 is 23.9 Å². The summed E-state index contributed by atoms with van der Waals surface area (Å²) in [6.45, 7) is 3.39. The first kappa shape index (κ1) is 23.3. The first-order valence-corrected chi connectivity index (χ1v) is 9.76. The molecule has 0 fully saturated rings. The number of nitrogens with one attached hydrogen (secondary N) is 2. The summed E-state index contributed by atoms with van der Waals surface area (Å²) in [6, 6.07) is 14.0. The van der Waals surface area contributed by atoms with E-state index in [9.17, 15) is 19.2 Å². The van der Waals surface area contributed by atoms with E-state index in [2.05, 4.69) is 10.6 Å². The van der Waals surface area contributed by atoms with Gasteiger partial charge in [0, 0.05) is 23.4 Å². The van der Waals surface area contributed by atoms with E-state index in [1.807, 2.05) is 6.92 Å². The molecule has 31 heavy (non-hydrogen) atoms. The van der Waals surface area contributed by atoms with Crippen LogP contribution in [0, 0.1) is 11.3 Å². The Morgan fingerprint density at radius 3 is 1.94 bits per heavy atom. The highest BCUT2D eigenvalue weighted by Gasteiger charge is 2.20. The molecule has 0 aliphatic carbocycles. The molecule has 0 saturated carbocycles. The second kappa shape index (κ2) is 11.3. The number of carbonyl (C=O) groups is 4. The Morgan fingerprint density at radius 1 is 0.903 bits per heavy atom. The average Bonchev–Trinajstić information content (AvgIpc) is 2.74. The molecule has 0 radical (unpaired) electrons. The minimum atomic E-state index is -1.01. The van der Waals surface area contributed by atoms with Gasteiger partial charge >= 0.3 is 5.97 Å². The molecule has 0 unspecified atom stereocenters. The van der Waals surface area contributed by atoms with Crippen LogP contribution in [0.2, 0.25) is 0 Å². The van der Waals surface area contributed by atoms with Gasteiger partial charge in [-0.2, -0.15) is 5.26 Å². The molecule has 0 aliphatic heterocycles. The van der Waals surface area contributed by atoms with Crippen molar-refractivity contribution >= 4 is 34.9 Å². The van der Waals surface area contributed by atoms with Gasteiger partial charge in [-0.25, -0.2) is 4.79 Å². The van der Waals surface area contributed by atoms with E-state index in [0.717, 1.165) is 6.42 Å². The number of carbonyl (C=O) groups excluding carboxylic acids is 4. The molecule has 0 spiro atoms. The summed E-state index contributed by atoms with van der Waals surface area (Å²) >= 11 is 0. The summed E-state index contributed by atoms with van der Waals surface area (Å²) in [6.07, 6.45) is -0.122. The SMILES string of the molecule is CCCC(=O)Nc1ccc(C(=O)[C@H](C)OC(=O)c2ccc(NC(=O)CC#N)cc2)cc1. The van der Waals surface area contributed by atoms with Gasteiger partial charge in [-0.15, -0.1) is 0 Å². The van der Waals surface area contributed by atoms with Crippen molar-refractivity contribution in [2.24, 2.45) is 0 Å². The fraction of sp³-hybridized carbons (Fsp3) is 0.261. The van der Waals surface area contributed by atoms with E-state index < -0.39 is 18.0 Å². The van der Waals surface area contributed by atoms with Gasteiger partial charge in [-0.3, -0.25) is 14.4 Å². The number of nitrogens with zero attached hydrogens (tertiary/aromatic N) is 1. The highest BCUT2D eigenvalue weighted by molar-refractivity contribution is 6.02. The van der Waals surface area contributed by atoms with Crippen molar-refractivity contribution in [3.8, 4) is 6.07 Å². The summed E-state index contributed by atoms with van der Waals surface area (Å²) in [7, 11) is 0.